The molecule has 1 amide bonds. The number of carbonyl (C=O) groups is 1. The molecule has 2 rings (SSSR count). The number of halogens is 1. The maximum atomic E-state index is 13.1. The number of nitrogens with one attached hydrogen (secondary N) is 1. The average Bonchev–Trinajstić information content (AvgIpc) is 2.74. The van der Waals surface area contributed by atoms with Crippen LogP contribution in [0.1, 0.15) is 10.4 Å². The normalized spacial score (nSPS) is 10.2. The molecule has 10 heteroatoms. The van der Waals surface area contributed by atoms with Crippen molar-refractivity contribution in [1.29, 1.82) is 0 Å². The fourth-order valence-corrected chi connectivity index (χ4v) is 1.35. The first kappa shape index (κ1) is 12.5. The molecule has 1 N–H and O–H groups in total. The number of anilines is 1. The Morgan fingerprint density at radius 3 is 2.84 bits per heavy atom. The van der Waals surface area contributed by atoms with Crippen molar-refractivity contribution in [2.75, 3.05) is 5.32 Å². The summed E-state index contributed by atoms with van der Waals surface area (Å²) in [5.74, 6) is -1.78. The van der Waals surface area contributed by atoms with Crippen LogP contribution in [0.5, 0.6) is 0 Å². The van der Waals surface area contributed by atoms with Gasteiger partial charge in [-0.25, -0.2) is 4.39 Å². The van der Waals surface area contributed by atoms with Gasteiger partial charge in [0.2, 0.25) is 0 Å². The van der Waals surface area contributed by atoms with Gasteiger partial charge in [-0.1, -0.05) is 5.10 Å². The lowest BCUT2D eigenvalue weighted by Crippen LogP contribution is -2.15. The predicted molar refractivity (Wildman–Crippen MR) is 59.8 cm³/mol. The molecule has 0 saturated heterocycles. The van der Waals surface area contributed by atoms with Crippen molar-refractivity contribution in [2.45, 2.75) is 0 Å². The van der Waals surface area contributed by atoms with Crippen LogP contribution < -0.4 is 5.32 Å². The molecule has 0 fully saturated rings. The summed E-state index contributed by atoms with van der Waals surface area (Å²) in [6.45, 7) is 0. The average molecular weight is 266 g/mol. The Labute approximate surface area is 105 Å². The van der Waals surface area contributed by atoms with Gasteiger partial charge in [-0.15, -0.1) is 5.10 Å². The van der Waals surface area contributed by atoms with Crippen molar-refractivity contribution in [3.05, 3.63) is 39.7 Å². The van der Waals surface area contributed by atoms with Gasteiger partial charge in [0.1, 0.15) is 11.4 Å². The Hall–Kier alpha value is -2.91. The Kier molecular flexibility index (Phi) is 3.14. The molecular weight excluding hydrogens is 259 g/mol. The minimum absolute atomic E-state index is 0.133. The lowest BCUT2D eigenvalue weighted by Gasteiger charge is -2.02. The van der Waals surface area contributed by atoms with Crippen LogP contribution in [0.15, 0.2) is 18.2 Å². The second-order valence-corrected chi connectivity index (χ2v) is 3.48. The summed E-state index contributed by atoms with van der Waals surface area (Å²) in [7, 11) is 1.48. The Balaban J connectivity index is 2.32. The first-order chi connectivity index (χ1) is 8.97. The van der Waals surface area contributed by atoms with Crippen LogP contribution >= 0.6 is 0 Å². The van der Waals surface area contributed by atoms with E-state index in [9.17, 15) is 19.3 Å². The van der Waals surface area contributed by atoms with Crippen LogP contribution in [-0.2, 0) is 7.05 Å². The van der Waals surface area contributed by atoms with Crippen LogP contribution in [0.4, 0.5) is 16.0 Å². The van der Waals surface area contributed by atoms with Gasteiger partial charge in [0.25, 0.3) is 17.5 Å². The van der Waals surface area contributed by atoms with Crippen molar-refractivity contribution in [3.63, 3.8) is 0 Å². The third-order valence-corrected chi connectivity index (χ3v) is 2.13. The summed E-state index contributed by atoms with van der Waals surface area (Å²) >= 11 is 0. The molecule has 2 aromatic rings. The van der Waals surface area contributed by atoms with E-state index in [4.69, 9.17) is 0 Å². The quantitative estimate of drug-likeness (QED) is 0.639. The zero-order chi connectivity index (χ0) is 14.0. The van der Waals surface area contributed by atoms with Gasteiger partial charge in [-0.05, 0) is 17.3 Å². The summed E-state index contributed by atoms with van der Waals surface area (Å²) < 4.78 is 13.1. The number of nitrogens with zero attached hydrogens (tertiary/aromatic N) is 5. The molecule has 9 nitrogen and oxygen atoms in total. The third kappa shape index (κ3) is 2.68. The predicted octanol–water partition coefficient (Wildman–Crippen LogP) is 0.510. The van der Waals surface area contributed by atoms with Crippen molar-refractivity contribution in [2.24, 2.45) is 7.05 Å². The number of amides is 1. The molecule has 0 spiro atoms. The van der Waals surface area contributed by atoms with E-state index in [1.807, 2.05) is 0 Å². The SMILES string of the molecule is Cn1nnc(NC(=O)c2cc(F)ccc2[N+](=O)[O-])n1. The number of nitro groups is 1. The van der Waals surface area contributed by atoms with Crippen LogP contribution in [0, 0.1) is 15.9 Å². The molecule has 0 aliphatic carbocycles. The van der Waals surface area contributed by atoms with E-state index in [-0.39, 0.29) is 5.95 Å². The van der Waals surface area contributed by atoms with Crippen molar-refractivity contribution in [3.8, 4) is 0 Å². The summed E-state index contributed by atoms with van der Waals surface area (Å²) in [5, 5.41) is 23.6. The molecule has 19 heavy (non-hydrogen) atoms. The second kappa shape index (κ2) is 4.76. The van der Waals surface area contributed by atoms with Gasteiger partial charge in [0.05, 0.1) is 12.0 Å². The molecule has 1 aromatic carbocycles. The van der Waals surface area contributed by atoms with Gasteiger partial charge in [-0.2, -0.15) is 4.80 Å². The molecule has 1 aromatic heterocycles. The number of benzene rings is 1. The molecule has 0 radical (unpaired) electrons. The van der Waals surface area contributed by atoms with E-state index in [1.54, 1.807) is 0 Å². The maximum absolute atomic E-state index is 13.1. The monoisotopic (exact) mass is 266 g/mol. The fraction of sp³-hybridized carbons (Fsp3) is 0.111. The summed E-state index contributed by atoms with van der Waals surface area (Å²) in [5.41, 5.74) is -0.930. The van der Waals surface area contributed by atoms with Crippen molar-refractivity contribution >= 4 is 17.5 Å². The van der Waals surface area contributed by atoms with Gasteiger partial charge < -0.3 is 0 Å². The lowest BCUT2D eigenvalue weighted by molar-refractivity contribution is -0.385. The van der Waals surface area contributed by atoms with E-state index >= 15 is 0 Å². The Bertz CT molecular complexity index is 655. The van der Waals surface area contributed by atoms with Gasteiger partial charge in [0, 0.05) is 6.07 Å². The standard InChI is InChI=1S/C9H7FN6O3/c1-15-13-9(12-14-15)11-8(17)6-4-5(10)2-3-7(6)16(18)19/h2-4H,1H3,(H,11,13,17). The van der Waals surface area contributed by atoms with Crippen LogP contribution in [0.25, 0.3) is 0 Å². The molecule has 0 aliphatic heterocycles. The fourth-order valence-electron chi connectivity index (χ4n) is 1.35. The largest absolute Gasteiger partial charge is 0.288 e. The number of hydrogen-bond donors (Lipinski definition) is 1. The maximum Gasteiger partial charge on any atom is 0.282 e. The Morgan fingerprint density at radius 2 is 2.26 bits per heavy atom. The second-order valence-electron chi connectivity index (χ2n) is 3.48. The van der Waals surface area contributed by atoms with Crippen LogP contribution in [0.2, 0.25) is 0 Å². The highest BCUT2D eigenvalue weighted by molar-refractivity contribution is 6.06. The minimum atomic E-state index is -0.890. The number of rotatable bonds is 3. The topological polar surface area (TPSA) is 116 Å². The molecule has 0 aliphatic rings. The highest BCUT2D eigenvalue weighted by Crippen LogP contribution is 2.20. The molecule has 1 heterocycles. The van der Waals surface area contributed by atoms with E-state index in [0.29, 0.717) is 0 Å². The summed E-state index contributed by atoms with van der Waals surface area (Å²) in [4.78, 5) is 22.9. The first-order valence-corrected chi connectivity index (χ1v) is 4.96. The van der Waals surface area contributed by atoms with Crippen molar-refractivity contribution in [1.82, 2.24) is 20.2 Å². The van der Waals surface area contributed by atoms with E-state index in [0.717, 1.165) is 23.0 Å². The van der Waals surface area contributed by atoms with Crippen molar-refractivity contribution < 1.29 is 14.1 Å². The number of tetrazole rings is 1. The van der Waals surface area contributed by atoms with Gasteiger partial charge >= 0.3 is 0 Å². The number of aromatic nitrogens is 4. The zero-order valence-electron chi connectivity index (χ0n) is 9.57. The first-order valence-electron chi connectivity index (χ1n) is 4.96. The number of hydrogen-bond acceptors (Lipinski definition) is 6. The molecular formula is C9H7FN6O3. The molecule has 0 atom stereocenters. The van der Waals surface area contributed by atoms with Crippen LogP contribution in [-0.4, -0.2) is 31.0 Å². The molecule has 0 saturated carbocycles. The smallest absolute Gasteiger partial charge is 0.282 e. The molecule has 0 unspecified atom stereocenters. The van der Waals surface area contributed by atoms with E-state index in [1.165, 1.54) is 7.05 Å². The van der Waals surface area contributed by atoms with Gasteiger partial charge in [-0.3, -0.25) is 20.2 Å². The van der Waals surface area contributed by atoms with Crippen LogP contribution in [0.3, 0.4) is 0 Å². The van der Waals surface area contributed by atoms with E-state index < -0.39 is 27.9 Å². The van der Waals surface area contributed by atoms with Gasteiger partial charge in [0.15, 0.2) is 0 Å². The molecule has 0 bridgehead atoms. The summed E-state index contributed by atoms with van der Waals surface area (Å²) in [6.07, 6.45) is 0. The Morgan fingerprint density at radius 1 is 1.53 bits per heavy atom. The lowest BCUT2D eigenvalue weighted by atomic mass is 10.1. The zero-order valence-corrected chi connectivity index (χ0v) is 9.57. The highest BCUT2D eigenvalue weighted by atomic mass is 19.1. The minimum Gasteiger partial charge on any atom is -0.288 e. The number of carbonyl (C=O) groups excluding carboxylic acids is 1. The number of nitro benzene ring substituents is 1. The number of aryl methyl sites for hydroxylation is 1. The summed E-state index contributed by atoms with van der Waals surface area (Å²) in [6, 6.07) is 2.58. The third-order valence-electron chi connectivity index (χ3n) is 2.13. The van der Waals surface area contributed by atoms with E-state index in [2.05, 4.69) is 20.7 Å². The molecule has 98 valence electrons. The highest BCUT2D eigenvalue weighted by Gasteiger charge is 2.22.